The van der Waals surface area contributed by atoms with E-state index in [2.05, 4.69) is 19.2 Å². The van der Waals surface area contributed by atoms with Gasteiger partial charge in [-0.05, 0) is 36.1 Å². The molecule has 0 spiro atoms. The van der Waals surface area contributed by atoms with Crippen LogP contribution in [-0.4, -0.2) is 27.1 Å². The highest BCUT2D eigenvalue weighted by Gasteiger charge is 2.24. The Balaban J connectivity index is 2.25. The highest BCUT2D eigenvalue weighted by molar-refractivity contribution is 7.92. The lowest BCUT2D eigenvalue weighted by Gasteiger charge is -2.25. The molecule has 1 amide bonds. The summed E-state index contributed by atoms with van der Waals surface area (Å²) in [6.07, 6.45) is 1.77. The van der Waals surface area contributed by atoms with Crippen LogP contribution in [0.15, 0.2) is 48.5 Å². The van der Waals surface area contributed by atoms with Crippen LogP contribution in [0.5, 0.6) is 0 Å². The Bertz CT molecular complexity index is 898. The van der Waals surface area contributed by atoms with Crippen LogP contribution in [0.2, 0.25) is 10.0 Å². The van der Waals surface area contributed by atoms with Gasteiger partial charge >= 0.3 is 0 Å². The fraction of sp³-hybridized carbons (Fsp3) is 0.350. The zero-order chi connectivity index (χ0) is 20.9. The fourth-order valence-electron chi connectivity index (χ4n) is 2.89. The van der Waals surface area contributed by atoms with Gasteiger partial charge < -0.3 is 5.32 Å². The summed E-state index contributed by atoms with van der Waals surface area (Å²) in [4.78, 5) is 12.7. The second-order valence-corrected chi connectivity index (χ2v) is 9.84. The first-order chi connectivity index (χ1) is 13.1. The molecule has 8 heteroatoms. The summed E-state index contributed by atoms with van der Waals surface area (Å²) in [6, 6.07) is 13.8. The number of halogens is 2. The van der Waals surface area contributed by atoms with Crippen molar-refractivity contribution < 1.29 is 13.2 Å². The highest BCUT2D eigenvalue weighted by Crippen LogP contribution is 2.27. The van der Waals surface area contributed by atoms with Crippen LogP contribution < -0.4 is 9.62 Å². The Kier molecular flexibility index (Phi) is 7.75. The van der Waals surface area contributed by atoms with E-state index in [-0.39, 0.29) is 18.3 Å². The van der Waals surface area contributed by atoms with E-state index >= 15 is 0 Å². The number of hydrogen-bond donors (Lipinski definition) is 1. The lowest BCUT2D eigenvalue weighted by Crippen LogP contribution is -2.41. The van der Waals surface area contributed by atoms with Crippen molar-refractivity contribution in [3.8, 4) is 0 Å². The molecular formula is C20H24Cl2N2O3S. The summed E-state index contributed by atoms with van der Waals surface area (Å²) in [5, 5.41) is 3.54. The molecule has 28 heavy (non-hydrogen) atoms. The van der Waals surface area contributed by atoms with E-state index in [1.165, 1.54) is 18.2 Å². The SMILES string of the molecule is CC(C)C[C@H](NC(=O)CN(c1cc(Cl)cc(Cl)c1)S(C)(=O)=O)c1ccccc1. The third kappa shape index (κ3) is 6.69. The van der Waals surface area contributed by atoms with Crippen molar-refractivity contribution in [2.24, 2.45) is 5.92 Å². The summed E-state index contributed by atoms with van der Waals surface area (Å²) in [5.74, 6) is -0.0562. The molecule has 0 radical (unpaired) electrons. The molecule has 0 bridgehead atoms. The lowest BCUT2D eigenvalue weighted by molar-refractivity contribution is -0.120. The molecule has 0 saturated carbocycles. The van der Waals surface area contributed by atoms with E-state index in [1.54, 1.807) is 0 Å². The van der Waals surface area contributed by atoms with Gasteiger partial charge in [-0.3, -0.25) is 9.10 Å². The number of nitrogens with zero attached hydrogens (tertiary/aromatic N) is 1. The molecule has 0 aromatic heterocycles. The maximum atomic E-state index is 12.7. The average Bonchev–Trinajstić information content (AvgIpc) is 2.57. The van der Waals surface area contributed by atoms with Gasteiger partial charge in [-0.25, -0.2) is 8.42 Å². The monoisotopic (exact) mass is 442 g/mol. The maximum absolute atomic E-state index is 12.7. The van der Waals surface area contributed by atoms with E-state index in [1.807, 2.05) is 30.3 Å². The van der Waals surface area contributed by atoms with Crippen LogP contribution >= 0.6 is 23.2 Å². The van der Waals surface area contributed by atoms with Crippen molar-refractivity contribution in [1.29, 1.82) is 0 Å². The highest BCUT2D eigenvalue weighted by atomic mass is 35.5. The van der Waals surface area contributed by atoms with Crippen molar-refractivity contribution >= 4 is 44.8 Å². The third-order valence-electron chi connectivity index (χ3n) is 4.07. The largest absolute Gasteiger partial charge is 0.348 e. The molecular weight excluding hydrogens is 419 g/mol. The van der Waals surface area contributed by atoms with Gasteiger partial charge in [0.1, 0.15) is 6.54 Å². The number of sulfonamides is 1. The topological polar surface area (TPSA) is 66.5 Å². The summed E-state index contributed by atoms with van der Waals surface area (Å²) in [7, 11) is -3.71. The second-order valence-electron chi connectivity index (χ2n) is 7.06. The number of anilines is 1. The van der Waals surface area contributed by atoms with Crippen LogP contribution in [0.3, 0.4) is 0 Å². The summed E-state index contributed by atoms with van der Waals surface area (Å²) >= 11 is 12.0. The van der Waals surface area contributed by atoms with Crippen molar-refractivity contribution in [3.63, 3.8) is 0 Å². The molecule has 0 fully saturated rings. The average molecular weight is 443 g/mol. The van der Waals surface area contributed by atoms with E-state index in [9.17, 15) is 13.2 Å². The molecule has 2 rings (SSSR count). The van der Waals surface area contributed by atoms with Crippen LogP contribution in [0.4, 0.5) is 5.69 Å². The Labute approximate surface area is 176 Å². The first kappa shape index (κ1) is 22.5. The number of hydrogen-bond acceptors (Lipinski definition) is 3. The van der Waals surface area contributed by atoms with Gasteiger partial charge in [-0.1, -0.05) is 67.4 Å². The Hall–Kier alpha value is -1.76. The fourth-order valence-corrected chi connectivity index (χ4v) is 4.24. The lowest BCUT2D eigenvalue weighted by atomic mass is 9.97. The smallest absolute Gasteiger partial charge is 0.241 e. The van der Waals surface area contributed by atoms with Gasteiger partial charge in [-0.15, -0.1) is 0 Å². The van der Waals surface area contributed by atoms with E-state index in [4.69, 9.17) is 23.2 Å². The van der Waals surface area contributed by atoms with Gasteiger partial charge in [0.15, 0.2) is 0 Å². The van der Waals surface area contributed by atoms with Gasteiger partial charge in [0, 0.05) is 10.0 Å². The first-order valence-corrected chi connectivity index (χ1v) is 11.4. The first-order valence-electron chi connectivity index (χ1n) is 8.84. The molecule has 0 aliphatic carbocycles. The number of benzene rings is 2. The third-order valence-corrected chi connectivity index (χ3v) is 5.64. The standard InChI is InChI=1S/C20H24Cl2N2O3S/c1-14(2)9-19(15-7-5-4-6-8-15)23-20(25)13-24(28(3,26)27)18-11-16(21)10-17(22)12-18/h4-8,10-12,14,19H,9,13H2,1-3H3,(H,23,25)/t19-/m0/s1. The minimum absolute atomic E-state index is 0.210. The van der Waals surface area contributed by atoms with Crippen LogP contribution in [0.1, 0.15) is 31.9 Å². The Morgan fingerprint density at radius 1 is 1.07 bits per heavy atom. The number of rotatable bonds is 8. The van der Waals surface area contributed by atoms with Crippen LogP contribution in [0, 0.1) is 5.92 Å². The molecule has 5 nitrogen and oxygen atoms in total. The van der Waals surface area contributed by atoms with Gasteiger partial charge in [-0.2, -0.15) is 0 Å². The Morgan fingerprint density at radius 3 is 2.14 bits per heavy atom. The molecule has 2 aromatic carbocycles. The normalized spacial score (nSPS) is 12.6. The van der Waals surface area contributed by atoms with Crippen LogP contribution in [-0.2, 0) is 14.8 Å². The minimum Gasteiger partial charge on any atom is -0.348 e. The van der Waals surface area contributed by atoms with E-state index < -0.39 is 15.9 Å². The summed E-state index contributed by atoms with van der Waals surface area (Å²) in [5.41, 5.74) is 1.22. The predicted molar refractivity (Wildman–Crippen MR) is 115 cm³/mol. The number of nitrogens with one attached hydrogen (secondary N) is 1. The van der Waals surface area contributed by atoms with Crippen LogP contribution in [0.25, 0.3) is 0 Å². The van der Waals surface area contributed by atoms with E-state index in [0.717, 1.165) is 22.5 Å². The quantitative estimate of drug-likeness (QED) is 0.645. The molecule has 0 aliphatic rings. The van der Waals surface area contributed by atoms with E-state index in [0.29, 0.717) is 16.0 Å². The summed E-state index contributed by atoms with van der Waals surface area (Å²) < 4.78 is 25.6. The van der Waals surface area contributed by atoms with Gasteiger partial charge in [0.2, 0.25) is 15.9 Å². The number of amides is 1. The van der Waals surface area contributed by atoms with Gasteiger partial charge in [0.05, 0.1) is 18.0 Å². The molecule has 152 valence electrons. The zero-order valence-electron chi connectivity index (χ0n) is 16.0. The molecule has 1 N–H and O–H groups in total. The Morgan fingerprint density at radius 2 is 1.64 bits per heavy atom. The molecule has 0 aliphatic heterocycles. The molecule has 2 aromatic rings. The molecule has 0 saturated heterocycles. The predicted octanol–water partition coefficient (Wildman–Crippen LogP) is 4.66. The zero-order valence-corrected chi connectivity index (χ0v) is 18.4. The molecule has 1 atom stereocenters. The van der Waals surface area contributed by atoms with Crippen molar-refractivity contribution in [1.82, 2.24) is 5.32 Å². The van der Waals surface area contributed by atoms with Crippen molar-refractivity contribution in [2.75, 3.05) is 17.1 Å². The number of carbonyl (C=O) groups excluding carboxylic acids is 1. The molecule has 0 heterocycles. The summed E-state index contributed by atoms with van der Waals surface area (Å²) in [6.45, 7) is 3.77. The van der Waals surface area contributed by atoms with Crippen molar-refractivity contribution in [3.05, 3.63) is 64.1 Å². The maximum Gasteiger partial charge on any atom is 0.241 e. The minimum atomic E-state index is -3.71. The van der Waals surface area contributed by atoms with Crippen molar-refractivity contribution in [2.45, 2.75) is 26.3 Å². The molecule has 0 unspecified atom stereocenters. The number of carbonyl (C=O) groups is 1. The van der Waals surface area contributed by atoms with Gasteiger partial charge in [0.25, 0.3) is 0 Å². The second kappa shape index (κ2) is 9.63.